The van der Waals surface area contributed by atoms with Crippen molar-refractivity contribution in [3.05, 3.63) is 64.7 Å². The topological polar surface area (TPSA) is 113 Å². The van der Waals surface area contributed by atoms with Crippen LogP contribution in [0.4, 0.5) is 5.69 Å². The fourth-order valence-electron chi connectivity index (χ4n) is 4.85. The molecule has 0 bridgehead atoms. The van der Waals surface area contributed by atoms with Crippen molar-refractivity contribution in [1.82, 2.24) is 10.2 Å². The molecule has 3 atom stereocenters. The number of likely N-dealkylation sites (N-methyl/N-ethyl adjacent to an activating group) is 1. The number of imide groups is 2. The minimum atomic E-state index is -0.968. The molecule has 1 aliphatic carbocycles. The molecule has 3 aliphatic rings. The van der Waals surface area contributed by atoms with E-state index < -0.39 is 29.7 Å². The van der Waals surface area contributed by atoms with Crippen LogP contribution in [0.25, 0.3) is 0 Å². The van der Waals surface area contributed by atoms with Crippen LogP contribution in [0.1, 0.15) is 50.7 Å². The van der Waals surface area contributed by atoms with Gasteiger partial charge in [0.25, 0.3) is 11.8 Å². The van der Waals surface area contributed by atoms with Gasteiger partial charge in [-0.2, -0.15) is 0 Å². The Bertz CT molecular complexity index is 1140. The smallest absolute Gasteiger partial charge is 0.262 e. The second-order valence-corrected chi connectivity index (χ2v) is 8.28. The van der Waals surface area contributed by atoms with Crippen molar-refractivity contribution < 1.29 is 19.2 Å². The lowest BCUT2D eigenvalue weighted by Gasteiger charge is -2.30. The van der Waals surface area contributed by atoms with Crippen molar-refractivity contribution in [1.29, 1.82) is 0 Å². The van der Waals surface area contributed by atoms with Crippen LogP contribution in [-0.4, -0.2) is 47.7 Å². The van der Waals surface area contributed by atoms with E-state index in [0.717, 1.165) is 22.6 Å². The molecule has 5 rings (SSSR count). The monoisotopic (exact) mass is 418 g/mol. The maximum absolute atomic E-state index is 13.1. The van der Waals surface area contributed by atoms with E-state index in [1.165, 1.54) is 5.56 Å². The summed E-state index contributed by atoms with van der Waals surface area (Å²) in [4.78, 5) is 52.6. The van der Waals surface area contributed by atoms with Crippen molar-refractivity contribution in [3.8, 4) is 0 Å². The molecular weight excluding hydrogens is 396 g/mol. The quantitative estimate of drug-likeness (QED) is 0.723. The summed E-state index contributed by atoms with van der Waals surface area (Å²) in [5.74, 6) is -2.02. The summed E-state index contributed by atoms with van der Waals surface area (Å²) in [6, 6.07) is 12.1. The number of rotatable bonds is 3. The lowest BCUT2D eigenvalue weighted by molar-refractivity contribution is -0.136. The van der Waals surface area contributed by atoms with Gasteiger partial charge in [0.05, 0.1) is 23.2 Å². The molecule has 2 heterocycles. The van der Waals surface area contributed by atoms with E-state index in [1.54, 1.807) is 18.2 Å². The Morgan fingerprint density at radius 2 is 1.77 bits per heavy atom. The Hall–Kier alpha value is -3.52. The van der Waals surface area contributed by atoms with E-state index >= 15 is 0 Å². The van der Waals surface area contributed by atoms with E-state index in [1.807, 2.05) is 30.1 Å². The van der Waals surface area contributed by atoms with Crippen molar-refractivity contribution in [2.45, 2.75) is 37.4 Å². The highest BCUT2D eigenvalue weighted by Crippen LogP contribution is 2.36. The number of nitrogens with one attached hydrogen (secondary N) is 1. The van der Waals surface area contributed by atoms with Crippen LogP contribution >= 0.6 is 0 Å². The maximum atomic E-state index is 13.1. The fraction of sp³-hybridized carbons (Fsp3) is 0.304. The molecule has 4 amide bonds. The summed E-state index contributed by atoms with van der Waals surface area (Å²) in [5, 5.41) is 2.21. The third-order valence-corrected chi connectivity index (χ3v) is 6.59. The molecule has 2 aromatic carbocycles. The highest BCUT2D eigenvalue weighted by atomic mass is 16.2. The molecule has 2 aliphatic heterocycles. The van der Waals surface area contributed by atoms with Crippen LogP contribution in [0.3, 0.4) is 0 Å². The predicted molar refractivity (Wildman–Crippen MR) is 112 cm³/mol. The molecule has 3 unspecified atom stereocenters. The SMILES string of the molecule is CN(c1ccc2c(c1)C(=O)N(C1CCC(=O)NC1=O)C2=O)C1Cc2ccccc2C1N. The highest BCUT2D eigenvalue weighted by molar-refractivity contribution is 6.23. The van der Waals surface area contributed by atoms with Gasteiger partial charge >= 0.3 is 0 Å². The summed E-state index contributed by atoms with van der Waals surface area (Å²) in [7, 11) is 1.93. The van der Waals surface area contributed by atoms with Crippen LogP contribution in [0.5, 0.6) is 0 Å². The number of nitrogens with two attached hydrogens (primary N) is 1. The van der Waals surface area contributed by atoms with Gasteiger partial charge in [-0.15, -0.1) is 0 Å². The summed E-state index contributed by atoms with van der Waals surface area (Å²) < 4.78 is 0. The van der Waals surface area contributed by atoms with Gasteiger partial charge in [-0.25, -0.2) is 0 Å². The van der Waals surface area contributed by atoms with Crippen LogP contribution in [0.15, 0.2) is 42.5 Å². The second-order valence-electron chi connectivity index (χ2n) is 8.28. The lowest BCUT2D eigenvalue weighted by Crippen LogP contribution is -2.54. The van der Waals surface area contributed by atoms with Crippen molar-refractivity contribution >= 4 is 29.3 Å². The lowest BCUT2D eigenvalue weighted by atomic mass is 10.0. The van der Waals surface area contributed by atoms with Gasteiger partial charge in [-0.05, 0) is 42.2 Å². The van der Waals surface area contributed by atoms with Crippen molar-refractivity contribution in [2.75, 3.05) is 11.9 Å². The summed E-state index contributed by atoms with van der Waals surface area (Å²) in [6.07, 6.45) is 1.02. The van der Waals surface area contributed by atoms with E-state index in [9.17, 15) is 19.2 Å². The molecule has 1 saturated heterocycles. The number of fused-ring (bicyclic) bond motifs is 2. The number of carbonyl (C=O) groups excluding carboxylic acids is 4. The standard InChI is InChI=1S/C23H22N4O4/c1-26(18-10-12-4-2-3-5-14(12)20(18)24)13-6-7-15-16(11-13)23(31)27(22(15)30)17-8-9-19(28)25-21(17)29/h2-7,11,17-18,20H,8-10,24H2,1H3,(H,25,28,29). The third kappa shape index (κ3) is 2.94. The van der Waals surface area contributed by atoms with Gasteiger partial charge in [0.2, 0.25) is 11.8 Å². The average molecular weight is 418 g/mol. The average Bonchev–Trinajstić information content (AvgIpc) is 3.22. The zero-order chi connectivity index (χ0) is 21.9. The molecule has 0 aromatic heterocycles. The Labute approximate surface area is 179 Å². The number of nitrogens with zero attached hydrogens (tertiary/aromatic N) is 2. The van der Waals surface area contributed by atoms with Crippen LogP contribution in [0, 0.1) is 0 Å². The first kappa shape index (κ1) is 19.4. The zero-order valence-electron chi connectivity index (χ0n) is 17.0. The van der Waals surface area contributed by atoms with Crippen LogP contribution in [-0.2, 0) is 16.0 Å². The number of piperidine rings is 1. The number of benzene rings is 2. The van der Waals surface area contributed by atoms with Crippen LogP contribution in [0.2, 0.25) is 0 Å². The highest BCUT2D eigenvalue weighted by Gasteiger charge is 2.45. The first-order chi connectivity index (χ1) is 14.9. The Morgan fingerprint density at radius 3 is 2.52 bits per heavy atom. The molecule has 8 heteroatoms. The zero-order valence-corrected chi connectivity index (χ0v) is 17.0. The molecule has 0 spiro atoms. The number of hydrogen-bond acceptors (Lipinski definition) is 6. The molecule has 2 aromatic rings. The van der Waals surface area contributed by atoms with E-state index in [0.29, 0.717) is 0 Å². The molecule has 0 saturated carbocycles. The van der Waals surface area contributed by atoms with Gasteiger partial charge in [-0.3, -0.25) is 29.4 Å². The molecule has 158 valence electrons. The summed E-state index contributed by atoms with van der Waals surface area (Å²) in [5.41, 5.74) is 10.1. The van der Waals surface area contributed by atoms with Gasteiger partial charge in [0, 0.05) is 19.2 Å². The normalized spacial score (nSPS) is 24.8. The molecule has 3 N–H and O–H groups in total. The van der Waals surface area contributed by atoms with Gasteiger partial charge in [0.15, 0.2) is 0 Å². The Morgan fingerprint density at radius 1 is 1.03 bits per heavy atom. The van der Waals surface area contributed by atoms with Gasteiger partial charge in [-0.1, -0.05) is 24.3 Å². The molecule has 1 fully saturated rings. The second kappa shape index (κ2) is 7.02. The minimum Gasteiger partial charge on any atom is -0.369 e. The fourth-order valence-corrected chi connectivity index (χ4v) is 4.85. The van der Waals surface area contributed by atoms with Gasteiger partial charge in [0.1, 0.15) is 6.04 Å². The van der Waals surface area contributed by atoms with E-state index in [4.69, 9.17) is 5.73 Å². The number of hydrogen-bond donors (Lipinski definition) is 2. The molecule has 8 nitrogen and oxygen atoms in total. The molecule has 31 heavy (non-hydrogen) atoms. The Balaban J connectivity index is 1.42. The van der Waals surface area contributed by atoms with E-state index in [2.05, 4.69) is 11.4 Å². The predicted octanol–water partition coefficient (Wildman–Crippen LogP) is 1.15. The van der Waals surface area contributed by atoms with Crippen molar-refractivity contribution in [3.63, 3.8) is 0 Å². The number of amides is 4. The van der Waals surface area contributed by atoms with Crippen LogP contribution < -0.4 is 16.0 Å². The number of anilines is 1. The molecular formula is C23H22N4O4. The maximum Gasteiger partial charge on any atom is 0.262 e. The molecule has 0 radical (unpaired) electrons. The summed E-state index contributed by atoms with van der Waals surface area (Å²) >= 11 is 0. The number of carbonyl (C=O) groups is 4. The third-order valence-electron chi connectivity index (χ3n) is 6.59. The largest absolute Gasteiger partial charge is 0.369 e. The summed E-state index contributed by atoms with van der Waals surface area (Å²) in [6.45, 7) is 0. The first-order valence-corrected chi connectivity index (χ1v) is 10.3. The van der Waals surface area contributed by atoms with Crippen molar-refractivity contribution in [2.24, 2.45) is 5.73 Å². The van der Waals surface area contributed by atoms with Gasteiger partial charge < -0.3 is 10.6 Å². The van der Waals surface area contributed by atoms with E-state index in [-0.39, 0.29) is 36.1 Å². The Kier molecular flexibility index (Phi) is 4.40. The first-order valence-electron chi connectivity index (χ1n) is 10.3. The minimum absolute atomic E-state index is 0.0221.